The zero-order chi connectivity index (χ0) is 15.2. The number of carbonyl (C=O) groups is 1. The topological polar surface area (TPSA) is 77.5 Å². The quantitative estimate of drug-likeness (QED) is 0.798. The van der Waals surface area contributed by atoms with Crippen LogP contribution in [0.2, 0.25) is 0 Å². The Morgan fingerprint density at radius 1 is 1.38 bits per heavy atom. The number of nitrogens with one attached hydrogen (secondary N) is 1. The van der Waals surface area contributed by atoms with Gasteiger partial charge in [0, 0.05) is 0 Å². The number of carbonyl (C=O) groups excluding carboxylic acids is 1. The van der Waals surface area contributed by atoms with Gasteiger partial charge in [0.1, 0.15) is 16.5 Å². The van der Waals surface area contributed by atoms with Gasteiger partial charge in [0.25, 0.3) is 5.91 Å². The average molecular weight is 304 g/mol. The van der Waals surface area contributed by atoms with E-state index in [-0.39, 0.29) is 10.9 Å². The molecule has 1 amide bonds. The lowest BCUT2D eigenvalue weighted by Crippen LogP contribution is -2.36. The molecule has 1 aromatic carbocycles. The molecule has 0 aliphatic rings. The lowest BCUT2D eigenvalue weighted by molar-refractivity contribution is -0.127. The van der Waals surface area contributed by atoms with Crippen molar-refractivity contribution in [3.8, 4) is 5.75 Å². The van der Waals surface area contributed by atoms with Crippen LogP contribution >= 0.6 is 12.2 Å². The number of amides is 1. The van der Waals surface area contributed by atoms with Crippen molar-refractivity contribution in [2.75, 3.05) is 0 Å². The van der Waals surface area contributed by atoms with Gasteiger partial charge in [0.05, 0.1) is 18.4 Å². The molecule has 2 rings (SSSR count). The highest BCUT2D eigenvalue weighted by atomic mass is 32.1. The molecule has 0 radical (unpaired) electrons. The predicted octanol–water partition coefficient (Wildman–Crippen LogP) is 2.00. The van der Waals surface area contributed by atoms with E-state index < -0.39 is 6.10 Å². The number of thiocarbonyl (C=S) groups is 1. The van der Waals surface area contributed by atoms with Gasteiger partial charge in [-0.25, -0.2) is 0 Å². The number of hydrogen-bond acceptors (Lipinski definition) is 4. The molecule has 2 aromatic rings. The second kappa shape index (κ2) is 6.90. The maximum absolute atomic E-state index is 12.0. The highest BCUT2D eigenvalue weighted by molar-refractivity contribution is 7.80. The van der Waals surface area contributed by atoms with Crippen LogP contribution in [0.25, 0.3) is 0 Å². The standard InChI is InChI=1S/C15H16N2O3S/c1-10(15(18)17-9-11-5-4-8-19-11)20-13-7-3-2-6-12(13)14(16)21/h2-8,10H,9H2,1H3,(H2,16,21)(H,17,18). The van der Waals surface area contributed by atoms with Crippen molar-refractivity contribution in [2.24, 2.45) is 5.73 Å². The highest BCUT2D eigenvalue weighted by Crippen LogP contribution is 2.19. The van der Waals surface area contributed by atoms with Crippen LogP contribution in [0, 0.1) is 0 Å². The average Bonchev–Trinajstić information content (AvgIpc) is 2.98. The van der Waals surface area contributed by atoms with Crippen molar-refractivity contribution in [1.29, 1.82) is 0 Å². The summed E-state index contributed by atoms with van der Waals surface area (Å²) in [6.07, 6.45) is 0.885. The van der Waals surface area contributed by atoms with Crippen LogP contribution in [0.5, 0.6) is 5.75 Å². The minimum atomic E-state index is -0.671. The Hall–Kier alpha value is -2.34. The first-order chi connectivity index (χ1) is 10.1. The van der Waals surface area contributed by atoms with E-state index in [9.17, 15) is 4.79 Å². The van der Waals surface area contributed by atoms with Crippen LogP contribution < -0.4 is 15.8 Å². The summed E-state index contributed by atoms with van der Waals surface area (Å²) in [5.41, 5.74) is 6.24. The Morgan fingerprint density at radius 2 is 2.14 bits per heavy atom. The first-order valence-corrected chi connectivity index (χ1v) is 6.84. The number of rotatable bonds is 6. The SMILES string of the molecule is CC(Oc1ccccc1C(N)=S)C(=O)NCc1ccco1. The van der Waals surface area contributed by atoms with E-state index in [1.807, 2.05) is 6.07 Å². The normalized spacial score (nSPS) is 11.7. The van der Waals surface area contributed by atoms with E-state index in [1.54, 1.807) is 43.5 Å². The Balaban J connectivity index is 1.96. The molecule has 0 saturated carbocycles. The summed E-state index contributed by atoms with van der Waals surface area (Å²) in [4.78, 5) is 12.2. The molecular weight excluding hydrogens is 288 g/mol. The molecule has 0 aliphatic carbocycles. The minimum Gasteiger partial charge on any atom is -0.480 e. The smallest absolute Gasteiger partial charge is 0.261 e. The van der Waals surface area contributed by atoms with Gasteiger partial charge in [0.2, 0.25) is 0 Å². The van der Waals surface area contributed by atoms with Gasteiger partial charge in [-0.1, -0.05) is 24.4 Å². The molecule has 3 N–H and O–H groups in total. The predicted molar refractivity (Wildman–Crippen MR) is 83.0 cm³/mol. The number of furan rings is 1. The van der Waals surface area contributed by atoms with Crippen molar-refractivity contribution in [3.05, 3.63) is 54.0 Å². The molecule has 1 heterocycles. The van der Waals surface area contributed by atoms with Gasteiger partial charge in [-0.05, 0) is 31.2 Å². The molecule has 5 nitrogen and oxygen atoms in total. The zero-order valence-electron chi connectivity index (χ0n) is 11.5. The third kappa shape index (κ3) is 4.06. The minimum absolute atomic E-state index is 0.230. The van der Waals surface area contributed by atoms with Gasteiger partial charge in [-0.3, -0.25) is 4.79 Å². The van der Waals surface area contributed by atoms with Gasteiger partial charge >= 0.3 is 0 Å². The largest absolute Gasteiger partial charge is 0.480 e. The molecule has 0 fully saturated rings. The molecule has 1 atom stereocenters. The lowest BCUT2D eigenvalue weighted by atomic mass is 10.2. The molecule has 1 aromatic heterocycles. The molecule has 0 saturated heterocycles. The highest BCUT2D eigenvalue weighted by Gasteiger charge is 2.16. The number of benzene rings is 1. The van der Waals surface area contributed by atoms with E-state index in [0.29, 0.717) is 23.6 Å². The number of para-hydroxylation sites is 1. The Morgan fingerprint density at radius 3 is 2.81 bits per heavy atom. The van der Waals surface area contributed by atoms with E-state index in [4.69, 9.17) is 27.1 Å². The summed E-state index contributed by atoms with van der Waals surface area (Å²) in [5, 5.41) is 2.73. The maximum Gasteiger partial charge on any atom is 0.261 e. The molecule has 0 spiro atoms. The van der Waals surface area contributed by atoms with Crippen molar-refractivity contribution in [1.82, 2.24) is 5.32 Å². The summed E-state index contributed by atoms with van der Waals surface area (Å²) < 4.78 is 10.8. The van der Waals surface area contributed by atoms with Crippen LogP contribution in [-0.4, -0.2) is 17.0 Å². The molecule has 1 unspecified atom stereocenters. The third-order valence-electron chi connectivity index (χ3n) is 2.84. The molecule has 6 heteroatoms. The summed E-state index contributed by atoms with van der Waals surface area (Å²) in [6.45, 7) is 1.98. The monoisotopic (exact) mass is 304 g/mol. The second-order valence-corrected chi connectivity index (χ2v) is 4.86. The van der Waals surface area contributed by atoms with E-state index in [2.05, 4.69) is 5.32 Å². The molecular formula is C15H16N2O3S. The van der Waals surface area contributed by atoms with Gasteiger partial charge < -0.3 is 20.2 Å². The molecule has 21 heavy (non-hydrogen) atoms. The van der Waals surface area contributed by atoms with Gasteiger partial charge in [-0.2, -0.15) is 0 Å². The fourth-order valence-corrected chi connectivity index (χ4v) is 1.92. The molecule has 0 aliphatic heterocycles. The number of ether oxygens (including phenoxy) is 1. The summed E-state index contributed by atoms with van der Waals surface area (Å²) in [7, 11) is 0. The van der Waals surface area contributed by atoms with Crippen LogP contribution in [0.1, 0.15) is 18.2 Å². The third-order valence-corrected chi connectivity index (χ3v) is 3.06. The van der Waals surface area contributed by atoms with Crippen molar-refractivity contribution >= 4 is 23.1 Å². The fourth-order valence-electron chi connectivity index (χ4n) is 1.75. The van der Waals surface area contributed by atoms with Crippen LogP contribution in [0.15, 0.2) is 47.1 Å². The second-order valence-electron chi connectivity index (χ2n) is 4.42. The van der Waals surface area contributed by atoms with Crippen molar-refractivity contribution in [2.45, 2.75) is 19.6 Å². The fraction of sp³-hybridized carbons (Fsp3) is 0.200. The first-order valence-electron chi connectivity index (χ1n) is 6.43. The lowest BCUT2D eigenvalue weighted by Gasteiger charge is -2.16. The number of nitrogens with two attached hydrogens (primary N) is 1. The number of hydrogen-bond donors (Lipinski definition) is 2. The van der Waals surface area contributed by atoms with Crippen LogP contribution in [-0.2, 0) is 11.3 Å². The van der Waals surface area contributed by atoms with Crippen LogP contribution in [0.4, 0.5) is 0 Å². The maximum atomic E-state index is 12.0. The Labute approximate surface area is 128 Å². The van der Waals surface area contributed by atoms with Crippen molar-refractivity contribution in [3.63, 3.8) is 0 Å². The summed E-state index contributed by atoms with van der Waals surface area (Å²) in [6, 6.07) is 10.6. The van der Waals surface area contributed by atoms with Crippen molar-refractivity contribution < 1.29 is 13.9 Å². The zero-order valence-corrected chi connectivity index (χ0v) is 12.4. The first kappa shape index (κ1) is 15.1. The summed E-state index contributed by atoms with van der Waals surface area (Å²) in [5.74, 6) is 0.925. The van der Waals surface area contributed by atoms with Gasteiger partial charge in [0.15, 0.2) is 6.10 Å². The van der Waals surface area contributed by atoms with Gasteiger partial charge in [-0.15, -0.1) is 0 Å². The van der Waals surface area contributed by atoms with Crippen LogP contribution in [0.3, 0.4) is 0 Å². The Kier molecular flexibility index (Phi) is 4.94. The molecule has 0 bridgehead atoms. The summed E-state index contributed by atoms with van der Waals surface area (Å²) >= 11 is 4.96. The Bertz CT molecular complexity index is 626. The molecule has 110 valence electrons. The van der Waals surface area contributed by atoms with E-state index >= 15 is 0 Å². The van der Waals surface area contributed by atoms with E-state index in [1.165, 1.54) is 0 Å². The van der Waals surface area contributed by atoms with E-state index in [0.717, 1.165) is 0 Å².